The molecule has 1 aliphatic rings. The molecule has 0 atom stereocenters. The predicted octanol–water partition coefficient (Wildman–Crippen LogP) is 1.06. The second-order valence-electron chi connectivity index (χ2n) is 6.03. The number of hydrogen-bond acceptors (Lipinski definition) is 5. The van der Waals surface area contributed by atoms with Gasteiger partial charge in [-0.05, 0) is 37.8 Å². The van der Waals surface area contributed by atoms with Crippen LogP contribution >= 0.6 is 24.8 Å². The summed E-state index contributed by atoms with van der Waals surface area (Å²) >= 11 is 0. The first kappa shape index (κ1) is 24.4. The van der Waals surface area contributed by atoms with Gasteiger partial charge >= 0.3 is 0 Å². The molecule has 0 bridgehead atoms. The monoisotopic (exact) mass is 405 g/mol. The molecule has 2 rings (SSSR count). The van der Waals surface area contributed by atoms with Gasteiger partial charge in [-0.1, -0.05) is 6.07 Å². The van der Waals surface area contributed by atoms with Gasteiger partial charge in [-0.25, -0.2) is 4.98 Å². The fourth-order valence-corrected chi connectivity index (χ4v) is 2.96. The van der Waals surface area contributed by atoms with Gasteiger partial charge in [-0.3, -0.25) is 9.59 Å². The van der Waals surface area contributed by atoms with Crippen LogP contribution in [0.5, 0.6) is 0 Å². The second kappa shape index (κ2) is 12.7. The largest absolute Gasteiger partial charge is 0.357 e. The zero-order valence-electron chi connectivity index (χ0n) is 15.1. The molecule has 0 aliphatic carbocycles. The number of anilines is 1. The molecule has 1 aliphatic heterocycles. The van der Waals surface area contributed by atoms with Crippen LogP contribution in [0.2, 0.25) is 0 Å². The molecule has 2 heterocycles. The Morgan fingerprint density at radius 2 is 2.00 bits per heavy atom. The third-order valence-corrected chi connectivity index (χ3v) is 4.42. The number of piperidine rings is 1. The van der Waals surface area contributed by atoms with Crippen molar-refractivity contribution in [2.24, 2.45) is 11.7 Å². The van der Waals surface area contributed by atoms with Crippen molar-refractivity contribution >= 4 is 42.4 Å². The third kappa shape index (κ3) is 7.35. The number of aromatic nitrogens is 1. The lowest BCUT2D eigenvalue weighted by atomic mass is 9.96. The van der Waals surface area contributed by atoms with Crippen molar-refractivity contribution in [2.75, 3.05) is 44.2 Å². The normalized spacial score (nSPS) is 14.0. The SMILES string of the molecule is CCN(CC1CCN(c2ccccn2)CC1)C(=O)CNC(=O)CN.Cl.Cl. The lowest BCUT2D eigenvalue weighted by Crippen LogP contribution is -2.45. The van der Waals surface area contributed by atoms with Crippen LogP contribution in [0.3, 0.4) is 0 Å². The number of carbonyl (C=O) groups excluding carboxylic acids is 2. The van der Waals surface area contributed by atoms with Crippen LogP contribution in [-0.4, -0.2) is 61.0 Å². The molecule has 148 valence electrons. The van der Waals surface area contributed by atoms with Crippen LogP contribution in [0, 0.1) is 5.92 Å². The molecule has 0 spiro atoms. The van der Waals surface area contributed by atoms with Crippen molar-refractivity contribution in [3.8, 4) is 0 Å². The Kier molecular flexibility index (Phi) is 12.0. The summed E-state index contributed by atoms with van der Waals surface area (Å²) < 4.78 is 0. The van der Waals surface area contributed by atoms with Gasteiger partial charge in [0, 0.05) is 32.4 Å². The van der Waals surface area contributed by atoms with Crippen LogP contribution < -0.4 is 16.0 Å². The zero-order valence-corrected chi connectivity index (χ0v) is 16.7. The molecule has 0 aromatic carbocycles. The highest BCUT2D eigenvalue weighted by atomic mass is 35.5. The Morgan fingerprint density at radius 3 is 2.54 bits per heavy atom. The summed E-state index contributed by atoms with van der Waals surface area (Å²) in [4.78, 5) is 31.9. The van der Waals surface area contributed by atoms with E-state index in [0.717, 1.165) is 38.3 Å². The van der Waals surface area contributed by atoms with Gasteiger partial charge in [0.1, 0.15) is 5.82 Å². The standard InChI is InChI=1S/C17H27N5O2.2ClH/c1-2-21(17(24)12-20-16(23)11-18)13-14-6-9-22(10-7-14)15-5-3-4-8-19-15;;/h3-5,8,14H,2,6-7,9-13,18H2,1H3,(H,20,23);2*1H. The summed E-state index contributed by atoms with van der Waals surface area (Å²) in [6.45, 7) is 5.20. The van der Waals surface area contributed by atoms with Crippen molar-refractivity contribution < 1.29 is 9.59 Å². The molecule has 1 aromatic rings. The molecular formula is C17H29Cl2N5O2. The molecule has 1 saturated heterocycles. The number of amides is 2. The Labute approximate surface area is 167 Å². The van der Waals surface area contributed by atoms with Gasteiger partial charge in [0.15, 0.2) is 0 Å². The smallest absolute Gasteiger partial charge is 0.241 e. The van der Waals surface area contributed by atoms with E-state index in [0.29, 0.717) is 12.5 Å². The molecule has 3 N–H and O–H groups in total. The van der Waals surface area contributed by atoms with Gasteiger partial charge in [0.25, 0.3) is 0 Å². The molecule has 0 radical (unpaired) electrons. The number of nitrogens with one attached hydrogen (secondary N) is 1. The van der Waals surface area contributed by atoms with E-state index in [4.69, 9.17) is 5.73 Å². The molecule has 1 fully saturated rings. The van der Waals surface area contributed by atoms with E-state index >= 15 is 0 Å². The van der Waals surface area contributed by atoms with E-state index in [1.807, 2.05) is 36.2 Å². The first-order valence-electron chi connectivity index (χ1n) is 8.54. The molecular weight excluding hydrogens is 377 g/mol. The number of halogens is 2. The number of hydrogen-bond donors (Lipinski definition) is 2. The first-order valence-corrected chi connectivity index (χ1v) is 8.54. The van der Waals surface area contributed by atoms with Crippen molar-refractivity contribution in [1.82, 2.24) is 15.2 Å². The van der Waals surface area contributed by atoms with E-state index in [1.54, 1.807) is 0 Å². The van der Waals surface area contributed by atoms with Crippen LogP contribution in [0.4, 0.5) is 5.82 Å². The van der Waals surface area contributed by atoms with Gasteiger partial charge in [-0.15, -0.1) is 24.8 Å². The minimum atomic E-state index is -0.303. The van der Waals surface area contributed by atoms with Crippen molar-refractivity contribution in [2.45, 2.75) is 19.8 Å². The first-order chi connectivity index (χ1) is 11.6. The molecule has 26 heavy (non-hydrogen) atoms. The van der Waals surface area contributed by atoms with Crippen LogP contribution in [0.25, 0.3) is 0 Å². The maximum Gasteiger partial charge on any atom is 0.241 e. The maximum atomic E-state index is 12.2. The molecule has 0 saturated carbocycles. The van der Waals surface area contributed by atoms with Gasteiger partial charge in [0.2, 0.25) is 11.8 Å². The molecule has 2 amide bonds. The Balaban J connectivity index is 0.00000312. The van der Waals surface area contributed by atoms with E-state index in [-0.39, 0.29) is 49.7 Å². The van der Waals surface area contributed by atoms with Gasteiger partial charge in [-0.2, -0.15) is 0 Å². The Hall–Kier alpha value is -1.57. The average molecular weight is 406 g/mol. The second-order valence-corrected chi connectivity index (χ2v) is 6.03. The highest BCUT2D eigenvalue weighted by Gasteiger charge is 2.23. The maximum absolute atomic E-state index is 12.2. The number of pyridine rings is 1. The molecule has 9 heteroatoms. The highest BCUT2D eigenvalue weighted by Crippen LogP contribution is 2.22. The molecule has 1 aromatic heterocycles. The fourth-order valence-electron chi connectivity index (χ4n) is 2.96. The predicted molar refractivity (Wildman–Crippen MR) is 108 cm³/mol. The quantitative estimate of drug-likeness (QED) is 0.707. The van der Waals surface area contributed by atoms with Crippen molar-refractivity contribution in [1.29, 1.82) is 0 Å². The summed E-state index contributed by atoms with van der Waals surface area (Å²) in [6.07, 6.45) is 3.89. The summed E-state index contributed by atoms with van der Waals surface area (Å²) in [5, 5.41) is 2.54. The molecule has 7 nitrogen and oxygen atoms in total. The zero-order chi connectivity index (χ0) is 17.4. The number of nitrogens with zero attached hydrogens (tertiary/aromatic N) is 3. The number of nitrogens with two attached hydrogens (primary N) is 1. The van der Waals surface area contributed by atoms with Crippen LogP contribution in [0.15, 0.2) is 24.4 Å². The number of rotatable bonds is 7. The van der Waals surface area contributed by atoms with E-state index in [2.05, 4.69) is 15.2 Å². The highest BCUT2D eigenvalue weighted by molar-refractivity contribution is 5.86. The topological polar surface area (TPSA) is 91.6 Å². The minimum absolute atomic E-state index is 0. The van der Waals surface area contributed by atoms with E-state index < -0.39 is 0 Å². The number of carbonyl (C=O) groups is 2. The van der Waals surface area contributed by atoms with E-state index in [9.17, 15) is 9.59 Å². The fraction of sp³-hybridized carbons (Fsp3) is 0.588. The van der Waals surface area contributed by atoms with Gasteiger partial charge < -0.3 is 20.9 Å². The third-order valence-electron chi connectivity index (χ3n) is 4.42. The van der Waals surface area contributed by atoms with Crippen molar-refractivity contribution in [3.63, 3.8) is 0 Å². The van der Waals surface area contributed by atoms with Crippen molar-refractivity contribution in [3.05, 3.63) is 24.4 Å². The summed E-state index contributed by atoms with van der Waals surface area (Å²) in [5.74, 6) is 1.15. The van der Waals surface area contributed by atoms with Crippen LogP contribution in [0.1, 0.15) is 19.8 Å². The summed E-state index contributed by atoms with van der Waals surface area (Å²) in [5.41, 5.74) is 5.23. The average Bonchev–Trinajstić information content (AvgIpc) is 2.65. The Bertz CT molecular complexity index is 539. The van der Waals surface area contributed by atoms with Gasteiger partial charge in [0.05, 0.1) is 13.1 Å². The summed E-state index contributed by atoms with van der Waals surface area (Å²) in [6, 6.07) is 5.95. The summed E-state index contributed by atoms with van der Waals surface area (Å²) in [7, 11) is 0. The lowest BCUT2D eigenvalue weighted by Gasteiger charge is -2.35. The lowest BCUT2D eigenvalue weighted by molar-refractivity contribution is -0.133. The minimum Gasteiger partial charge on any atom is -0.357 e. The van der Waals surface area contributed by atoms with Crippen LogP contribution in [-0.2, 0) is 9.59 Å². The molecule has 0 unspecified atom stereocenters. The Morgan fingerprint density at radius 1 is 1.31 bits per heavy atom. The number of likely N-dealkylation sites (N-methyl/N-ethyl adjacent to an activating group) is 1. The van der Waals surface area contributed by atoms with E-state index in [1.165, 1.54) is 0 Å².